The molecule has 9 aromatic rings. The van der Waals surface area contributed by atoms with E-state index in [2.05, 4.69) is 169 Å². The van der Waals surface area contributed by atoms with E-state index in [1.165, 1.54) is 92.3 Å². The fourth-order valence-electron chi connectivity index (χ4n) is 8.58. The Bertz CT molecular complexity index is 2670. The van der Waals surface area contributed by atoms with Gasteiger partial charge in [0, 0.05) is 55.3 Å². The van der Waals surface area contributed by atoms with Crippen LogP contribution in [0.4, 0.5) is 5.69 Å². The molecule has 2 heterocycles. The first kappa shape index (κ1) is 28.4. The van der Waals surface area contributed by atoms with Crippen LogP contribution in [0.5, 0.6) is 0 Å². The van der Waals surface area contributed by atoms with Gasteiger partial charge < -0.3 is 9.88 Å². The van der Waals surface area contributed by atoms with Crippen molar-refractivity contribution in [3.8, 4) is 27.9 Å². The monoisotopic (exact) mass is 646 g/mol. The lowest BCUT2D eigenvalue weighted by molar-refractivity contribution is 0.731. The van der Waals surface area contributed by atoms with Crippen molar-refractivity contribution in [2.45, 2.75) is 18.8 Å². The number of hydrogen-bond donors (Lipinski definition) is 1. The maximum Gasteiger partial charge on any atom is 0.0555 e. The van der Waals surface area contributed by atoms with E-state index < -0.39 is 0 Å². The number of nitrogens with zero attached hydrogens (tertiary/aromatic N) is 1. The van der Waals surface area contributed by atoms with Crippen LogP contribution in [0.2, 0.25) is 0 Å². The van der Waals surface area contributed by atoms with Crippen molar-refractivity contribution in [2.24, 2.45) is 0 Å². The highest BCUT2D eigenvalue weighted by atomic mass is 32.1. The van der Waals surface area contributed by atoms with Gasteiger partial charge >= 0.3 is 0 Å². The van der Waals surface area contributed by atoms with Crippen molar-refractivity contribution in [2.75, 3.05) is 12.4 Å². The number of aromatic nitrogens is 1. The van der Waals surface area contributed by atoms with Crippen molar-refractivity contribution >= 4 is 59.0 Å². The van der Waals surface area contributed by atoms with Gasteiger partial charge in [0.25, 0.3) is 0 Å². The van der Waals surface area contributed by atoms with Gasteiger partial charge in [-0.3, -0.25) is 0 Å². The van der Waals surface area contributed by atoms with Gasteiger partial charge in [0.15, 0.2) is 0 Å². The molecule has 2 aromatic heterocycles. The molecular weight excluding hydrogens is 613 g/mol. The molecule has 0 aliphatic heterocycles. The normalized spacial score (nSPS) is 12.7. The van der Waals surface area contributed by atoms with Gasteiger partial charge in [0.05, 0.1) is 11.0 Å². The smallest absolute Gasteiger partial charge is 0.0555 e. The Morgan fingerprint density at radius 3 is 1.96 bits per heavy atom. The lowest BCUT2D eigenvalue weighted by Crippen LogP contribution is -2.03. The summed E-state index contributed by atoms with van der Waals surface area (Å²) in [6.07, 6.45) is 2.04. The highest BCUT2D eigenvalue weighted by Gasteiger charge is 2.28. The molecule has 234 valence electrons. The minimum atomic E-state index is 0.389. The van der Waals surface area contributed by atoms with Crippen LogP contribution in [0.25, 0.3) is 69.9 Å². The summed E-state index contributed by atoms with van der Waals surface area (Å²) >= 11 is 1.95. The first-order valence-corrected chi connectivity index (χ1v) is 18.0. The number of para-hydroxylation sites is 2. The molecule has 49 heavy (non-hydrogen) atoms. The second-order valence-corrected chi connectivity index (χ2v) is 14.2. The third kappa shape index (κ3) is 4.25. The average molecular weight is 647 g/mol. The number of nitrogens with one attached hydrogen (secondary N) is 1. The SMILES string of the molecule is CNc1cccc(-c2cccc3c2sc2c3ccc3c2c2ccccc2n3-c2ccccc2)c1CCC1c2ccccc2-c2ccccc21. The van der Waals surface area contributed by atoms with Gasteiger partial charge in [-0.25, -0.2) is 0 Å². The summed E-state index contributed by atoms with van der Waals surface area (Å²) in [5, 5.41) is 8.86. The fraction of sp³-hybridized carbons (Fsp3) is 0.0870. The average Bonchev–Trinajstić information content (AvgIpc) is 3.82. The Labute approximate surface area is 289 Å². The molecule has 0 unspecified atom stereocenters. The van der Waals surface area contributed by atoms with Crippen LogP contribution in [0.15, 0.2) is 152 Å². The quantitative estimate of drug-likeness (QED) is 0.190. The predicted octanol–water partition coefficient (Wildman–Crippen LogP) is 12.6. The van der Waals surface area contributed by atoms with E-state index in [1.54, 1.807) is 0 Å². The minimum absolute atomic E-state index is 0.389. The fourth-order valence-corrected chi connectivity index (χ4v) is 9.96. The number of rotatable bonds is 6. The van der Waals surface area contributed by atoms with Crippen LogP contribution < -0.4 is 5.32 Å². The summed E-state index contributed by atoms with van der Waals surface area (Å²) in [6, 6.07) is 56.0. The Morgan fingerprint density at radius 1 is 0.531 bits per heavy atom. The maximum atomic E-state index is 3.56. The molecule has 0 radical (unpaired) electrons. The van der Waals surface area contributed by atoms with E-state index in [-0.39, 0.29) is 0 Å². The maximum absolute atomic E-state index is 3.56. The van der Waals surface area contributed by atoms with E-state index in [4.69, 9.17) is 0 Å². The molecule has 3 heteroatoms. The first-order valence-electron chi connectivity index (χ1n) is 17.2. The summed E-state index contributed by atoms with van der Waals surface area (Å²) in [6.45, 7) is 0. The van der Waals surface area contributed by atoms with Crippen LogP contribution in [-0.4, -0.2) is 11.6 Å². The Balaban J connectivity index is 1.15. The summed E-state index contributed by atoms with van der Waals surface area (Å²) in [5.41, 5.74) is 14.6. The van der Waals surface area contributed by atoms with E-state index in [9.17, 15) is 0 Å². The molecule has 0 saturated heterocycles. The van der Waals surface area contributed by atoms with Crippen molar-refractivity contribution in [1.82, 2.24) is 4.57 Å². The highest BCUT2D eigenvalue weighted by Crippen LogP contribution is 2.49. The van der Waals surface area contributed by atoms with E-state index in [0.717, 1.165) is 12.8 Å². The van der Waals surface area contributed by atoms with E-state index in [1.807, 2.05) is 11.3 Å². The molecule has 0 atom stereocenters. The van der Waals surface area contributed by atoms with E-state index >= 15 is 0 Å². The van der Waals surface area contributed by atoms with Crippen molar-refractivity contribution in [1.29, 1.82) is 0 Å². The number of thiophene rings is 1. The van der Waals surface area contributed by atoms with Gasteiger partial charge in [-0.1, -0.05) is 121 Å². The molecule has 1 aliphatic carbocycles. The van der Waals surface area contributed by atoms with Crippen LogP contribution in [0.1, 0.15) is 29.0 Å². The topological polar surface area (TPSA) is 17.0 Å². The third-order valence-electron chi connectivity index (χ3n) is 10.7. The molecular formula is C46H34N2S. The summed E-state index contributed by atoms with van der Waals surface area (Å²) in [7, 11) is 2.06. The zero-order valence-electron chi connectivity index (χ0n) is 27.3. The van der Waals surface area contributed by atoms with Gasteiger partial charge in [0.2, 0.25) is 0 Å². The molecule has 0 saturated carbocycles. The zero-order chi connectivity index (χ0) is 32.5. The lowest BCUT2D eigenvalue weighted by Gasteiger charge is -2.19. The van der Waals surface area contributed by atoms with Crippen LogP contribution in [0, 0.1) is 0 Å². The van der Waals surface area contributed by atoms with Crippen molar-refractivity contribution < 1.29 is 0 Å². The minimum Gasteiger partial charge on any atom is -0.388 e. The molecule has 0 fully saturated rings. The molecule has 0 bridgehead atoms. The highest BCUT2D eigenvalue weighted by molar-refractivity contribution is 7.27. The Morgan fingerprint density at radius 2 is 1.16 bits per heavy atom. The third-order valence-corrected chi connectivity index (χ3v) is 12.0. The Hall–Kier alpha value is -5.64. The molecule has 7 aromatic carbocycles. The molecule has 0 amide bonds. The number of benzene rings is 7. The van der Waals surface area contributed by atoms with Gasteiger partial charge in [0.1, 0.15) is 0 Å². The van der Waals surface area contributed by atoms with Crippen LogP contribution in [0.3, 0.4) is 0 Å². The lowest BCUT2D eigenvalue weighted by atomic mass is 9.87. The number of fused-ring (bicyclic) bond motifs is 10. The molecule has 2 nitrogen and oxygen atoms in total. The largest absolute Gasteiger partial charge is 0.388 e. The summed E-state index contributed by atoms with van der Waals surface area (Å²) in [5.74, 6) is 0.389. The van der Waals surface area contributed by atoms with Gasteiger partial charge in [-0.05, 0) is 82.1 Å². The number of hydrogen-bond acceptors (Lipinski definition) is 2. The van der Waals surface area contributed by atoms with Gasteiger partial charge in [-0.15, -0.1) is 11.3 Å². The standard InChI is InChI=1S/C46H34N2S/c1-47-41-23-12-20-34(36(41)26-25-35-32-17-7-5-15-30(32)31-16-6-8-18-33(31)35)37-21-11-22-38-39-27-28-43-44(46(39)49-45(37)38)40-19-9-10-24-42(40)48(43)29-13-3-2-4-14-29/h2-24,27-28,35,47H,25-26H2,1H3. The van der Waals surface area contributed by atoms with Crippen LogP contribution in [-0.2, 0) is 6.42 Å². The first-order chi connectivity index (χ1) is 24.3. The number of anilines is 1. The zero-order valence-corrected chi connectivity index (χ0v) is 28.1. The summed E-state index contributed by atoms with van der Waals surface area (Å²) in [4.78, 5) is 0. The second kappa shape index (κ2) is 11.2. The van der Waals surface area contributed by atoms with Crippen molar-refractivity contribution in [3.63, 3.8) is 0 Å². The van der Waals surface area contributed by atoms with Gasteiger partial charge in [-0.2, -0.15) is 0 Å². The molecule has 0 spiro atoms. The molecule has 1 N–H and O–H groups in total. The molecule has 1 aliphatic rings. The van der Waals surface area contributed by atoms with E-state index in [0.29, 0.717) is 5.92 Å². The second-order valence-electron chi connectivity index (χ2n) is 13.2. The Kier molecular flexibility index (Phi) is 6.50. The van der Waals surface area contributed by atoms with Crippen LogP contribution >= 0.6 is 11.3 Å². The van der Waals surface area contributed by atoms with Crippen molar-refractivity contribution in [3.05, 3.63) is 168 Å². The predicted molar refractivity (Wildman–Crippen MR) is 211 cm³/mol. The summed E-state index contributed by atoms with van der Waals surface area (Å²) < 4.78 is 5.13. The molecule has 10 rings (SSSR count).